The first-order valence-corrected chi connectivity index (χ1v) is 9.10. The van der Waals surface area contributed by atoms with Crippen LogP contribution in [-0.4, -0.2) is 31.3 Å². The second kappa shape index (κ2) is 6.05. The summed E-state index contributed by atoms with van der Waals surface area (Å²) in [6, 6.07) is 0. The maximum absolute atomic E-state index is 6.01. The van der Waals surface area contributed by atoms with Crippen molar-refractivity contribution in [2.24, 2.45) is 7.05 Å². The van der Waals surface area contributed by atoms with E-state index in [4.69, 9.17) is 13.6 Å². The Hall–Kier alpha value is -2.48. The molecular weight excluding hydrogens is 334 g/mol. The molecule has 2 atom stereocenters. The van der Waals surface area contributed by atoms with Gasteiger partial charge in [-0.05, 0) is 32.6 Å². The number of hydrogen-bond acceptors (Lipinski definition) is 7. The van der Waals surface area contributed by atoms with E-state index in [0.717, 1.165) is 43.1 Å². The van der Waals surface area contributed by atoms with Crippen LogP contribution >= 0.6 is 0 Å². The van der Waals surface area contributed by atoms with Crippen molar-refractivity contribution < 1.29 is 13.6 Å². The Balaban J connectivity index is 1.46. The third kappa shape index (κ3) is 2.65. The summed E-state index contributed by atoms with van der Waals surface area (Å²) in [5, 5.41) is 8.52. The fraction of sp³-hybridized carbons (Fsp3) is 0.556. The first kappa shape index (κ1) is 15.7. The molecule has 5 rings (SSSR count). The standard InChI is InChI=1S/C18H21N5O3/c1-10-13(25-16(20-10)11-5-6-11)18-22-21-17(26-18)12-4-3-9-24-14(12)15-19-7-8-23(15)2/h7-8,11-12,14H,3-6,9H2,1-2H3/t12-,14-/m1/s1. The topological polar surface area (TPSA) is 92.0 Å². The Morgan fingerprint density at radius 3 is 2.77 bits per heavy atom. The summed E-state index contributed by atoms with van der Waals surface area (Å²) in [6.07, 6.45) is 7.66. The number of rotatable bonds is 4. The number of ether oxygens (including phenoxy) is 1. The van der Waals surface area contributed by atoms with Crippen molar-refractivity contribution in [3.05, 3.63) is 35.7 Å². The van der Waals surface area contributed by atoms with Crippen molar-refractivity contribution in [1.29, 1.82) is 0 Å². The molecule has 2 aliphatic rings. The van der Waals surface area contributed by atoms with E-state index >= 15 is 0 Å². The van der Waals surface area contributed by atoms with Gasteiger partial charge in [0.15, 0.2) is 5.89 Å². The quantitative estimate of drug-likeness (QED) is 0.709. The van der Waals surface area contributed by atoms with Gasteiger partial charge in [-0.15, -0.1) is 10.2 Å². The summed E-state index contributed by atoms with van der Waals surface area (Å²) in [5.41, 5.74) is 0.794. The summed E-state index contributed by atoms with van der Waals surface area (Å²) in [6.45, 7) is 2.62. The van der Waals surface area contributed by atoms with E-state index in [1.807, 2.05) is 24.7 Å². The minimum Gasteiger partial charge on any atom is -0.435 e. The van der Waals surface area contributed by atoms with Crippen LogP contribution in [0.15, 0.2) is 21.2 Å². The van der Waals surface area contributed by atoms with Crippen LogP contribution in [0, 0.1) is 6.92 Å². The minimum atomic E-state index is -0.185. The normalized spacial score (nSPS) is 23.5. The van der Waals surface area contributed by atoms with Gasteiger partial charge >= 0.3 is 0 Å². The van der Waals surface area contributed by atoms with Crippen molar-refractivity contribution in [3.8, 4) is 11.7 Å². The van der Waals surface area contributed by atoms with Gasteiger partial charge in [0, 0.05) is 32.0 Å². The molecule has 26 heavy (non-hydrogen) atoms. The lowest BCUT2D eigenvalue weighted by atomic mass is 9.93. The van der Waals surface area contributed by atoms with Crippen LogP contribution < -0.4 is 0 Å². The molecule has 0 radical (unpaired) electrons. The van der Waals surface area contributed by atoms with Crippen LogP contribution in [0.4, 0.5) is 0 Å². The molecule has 1 aliphatic heterocycles. The monoisotopic (exact) mass is 355 g/mol. The molecule has 4 heterocycles. The molecule has 3 aromatic rings. The zero-order chi connectivity index (χ0) is 17.7. The third-order valence-corrected chi connectivity index (χ3v) is 5.13. The van der Waals surface area contributed by atoms with Gasteiger partial charge in [-0.1, -0.05) is 0 Å². The molecule has 0 unspecified atom stereocenters. The van der Waals surface area contributed by atoms with Crippen LogP contribution in [0.25, 0.3) is 11.7 Å². The van der Waals surface area contributed by atoms with E-state index in [0.29, 0.717) is 30.1 Å². The lowest BCUT2D eigenvalue weighted by Gasteiger charge is -2.28. The van der Waals surface area contributed by atoms with E-state index in [2.05, 4.69) is 20.2 Å². The van der Waals surface area contributed by atoms with Gasteiger partial charge in [0.1, 0.15) is 11.9 Å². The fourth-order valence-corrected chi connectivity index (χ4v) is 3.54. The SMILES string of the molecule is Cc1nc(C2CC2)oc1-c1nnc([C@@H]2CCCO[C@H]2c2nccn2C)o1. The molecule has 8 nitrogen and oxygen atoms in total. The van der Waals surface area contributed by atoms with Gasteiger partial charge in [0.25, 0.3) is 5.89 Å². The summed E-state index contributed by atoms with van der Waals surface area (Å²) < 4.78 is 19.9. The average Bonchev–Trinajstić information content (AvgIpc) is 3.04. The minimum absolute atomic E-state index is 0.0165. The second-order valence-corrected chi connectivity index (χ2v) is 7.12. The molecule has 0 amide bonds. The fourth-order valence-electron chi connectivity index (χ4n) is 3.54. The predicted octanol–water partition coefficient (Wildman–Crippen LogP) is 3.28. The smallest absolute Gasteiger partial charge is 0.285 e. The van der Waals surface area contributed by atoms with E-state index in [1.165, 1.54) is 0 Å². The average molecular weight is 355 g/mol. The van der Waals surface area contributed by atoms with Crippen molar-refractivity contribution in [1.82, 2.24) is 24.7 Å². The highest BCUT2D eigenvalue weighted by molar-refractivity contribution is 5.47. The first-order valence-electron chi connectivity index (χ1n) is 9.10. The van der Waals surface area contributed by atoms with Gasteiger partial charge in [-0.3, -0.25) is 0 Å². The number of nitrogens with zero attached hydrogens (tertiary/aromatic N) is 5. The predicted molar refractivity (Wildman–Crippen MR) is 90.4 cm³/mol. The lowest BCUT2D eigenvalue weighted by molar-refractivity contribution is -0.0156. The van der Waals surface area contributed by atoms with E-state index in [9.17, 15) is 0 Å². The molecule has 1 aliphatic carbocycles. The van der Waals surface area contributed by atoms with Crippen LogP contribution in [0.2, 0.25) is 0 Å². The first-order chi connectivity index (χ1) is 12.7. The van der Waals surface area contributed by atoms with Crippen molar-refractivity contribution in [3.63, 3.8) is 0 Å². The zero-order valence-corrected chi connectivity index (χ0v) is 14.9. The largest absolute Gasteiger partial charge is 0.435 e. The molecule has 2 fully saturated rings. The maximum Gasteiger partial charge on any atom is 0.285 e. The van der Waals surface area contributed by atoms with Gasteiger partial charge in [0.05, 0.1) is 11.6 Å². The molecule has 1 saturated heterocycles. The number of hydrogen-bond donors (Lipinski definition) is 0. The molecule has 0 spiro atoms. The number of aryl methyl sites for hydroxylation is 2. The molecule has 0 bridgehead atoms. The molecule has 0 N–H and O–H groups in total. The van der Waals surface area contributed by atoms with E-state index in [1.54, 1.807) is 6.20 Å². The zero-order valence-electron chi connectivity index (χ0n) is 14.9. The Kier molecular flexibility index (Phi) is 3.66. The van der Waals surface area contributed by atoms with Crippen LogP contribution in [-0.2, 0) is 11.8 Å². The van der Waals surface area contributed by atoms with Gasteiger partial charge in [-0.2, -0.15) is 0 Å². The molecule has 8 heteroatoms. The molecular formula is C18H21N5O3. The highest BCUT2D eigenvalue weighted by atomic mass is 16.5. The van der Waals surface area contributed by atoms with Gasteiger partial charge in [0.2, 0.25) is 11.7 Å². The molecule has 3 aromatic heterocycles. The Morgan fingerprint density at radius 1 is 1.12 bits per heavy atom. The van der Waals surface area contributed by atoms with Crippen molar-refractivity contribution in [2.45, 2.75) is 50.5 Å². The summed E-state index contributed by atoms with van der Waals surface area (Å²) in [7, 11) is 1.97. The molecule has 0 aromatic carbocycles. The number of imidazole rings is 1. The Labute approximate surface area is 150 Å². The van der Waals surface area contributed by atoms with E-state index in [-0.39, 0.29) is 12.0 Å². The van der Waals surface area contributed by atoms with Crippen LogP contribution in [0.3, 0.4) is 0 Å². The molecule has 1 saturated carbocycles. The highest BCUT2D eigenvalue weighted by Crippen LogP contribution is 2.43. The van der Waals surface area contributed by atoms with Crippen LogP contribution in [0.5, 0.6) is 0 Å². The summed E-state index contributed by atoms with van der Waals surface area (Å²) in [5.74, 6) is 3.63. The number of oxazole rings is 1. The summed E-state index contributed by atoms with van der Waals surface area (Å²) in [4.78, 5) is 8.95. The van der Waals surface area contributed by atoms with Crippen molar-refractivity contribution >= 4 is 0 Å². The van der Waals surface area contributed by atoms with Gasteiger partial charge < -0.3 is 18.1 Å². The number of aromatic nitrogens is 5. The van der Waals surface area contributed by atoms with Gasteiger partial charge in [-0.25, -0.2) is 9.97 Å². The van der Waals surface area contributed by atoms with Crippen molar-refractivity contribution in [2.75, 3.05) is 6.61 Å². The Morgan fingerprint density at radius 2 is 2.00 bits per heavy atom. The highest BCUT2D eigenvalue weighted by Gasteiger charge is 2.36. The summed E-state index contributed by atoms with van der Waals surface area (Å²) >= 11 is 0. The third-order valence-electron chi connectivity index (χ3n) is 5.13. The lowest BCUT2D eigenvalue weighted by Crippen LogP contribution is -2.23. The molecule has 136 valence electrons. The van der Waals surface area contributed by atoms with Crippen LogP contribution in [0.1, 0.15) is 66.9 Å². The maximum atomic E-state index is 6.01. The Bertz CT molecular complexity index is 923. The van der Waals surface area contributed by atoms with E-state index < -0.39 is 0 Å². The second-order valence-electron chi connectivity index (χ2n) is 7.12.